The minimum absolute atomic E-state index is 0.436. The van der Waals surface area contributed by atoms with Crippen molar-refractivity contribution in [1.29, 1.82) is 0 Å². The third-order valence-corrected chi connectivity index (χ3v) is 3.26. The molecule has 1 aromatic carbocycles. The van der Waals surface area contributed by atoms with Gasteiger partial charge in [0.1, 0.15) is 0 Å². The van der Waals surface area contributed by atoms with E-state index in [4.69, 9.17) is 0 Å². The largest absolute Gasteiger partial charge is 0.384 e. The van der Waals surface area contributed by atoms with Gasteiger partial charge in [0.2, 0.25) is 0 Å². The molecule has 0 unspecified atom stereocenters. The van der Waals surface area contributed by atoms with Crippen molar-refractivity contribution in [3.05, 3.63) is 29.8 Å². The molecule has 2 aliphatic heterocycles. The molecule has 0 radical (unpaired) electrons. The molecule has 1 aromatic rings. The number of para-hydroxylation sites is 1. The fourth-order valence-corrected chi connectivity index (χ4v) is 2.73. The van der Waals surface area contributed by atoms with Gasteiger partial charge in [0.15, 0.2) is 0 Å². The number of hydrogen-bond acceptors (Lipinski definition) is 2. The molecule has 2 heteroatoms. The zero-order chi connectivity index (χ0) is 8.89. The van der Waals surface area contributed by atoms with E-state index in [2.05, 4.69) is 41.5 Å². The van der Waals surface area contributed by atoms with Crippen molar-refractivity contribution in [1.82, 2.24) is 4.90 Å². The Labute approximate surface area is 78.6 Å². The zero-order valence-electron chi connectivity index (χ0n) is 7.88. The van der Waals surface area contributed by atoms with Crippen LogP contribution in [0.25, 0.3) is 0 Å². The Morgan fingerprint density at radius 3 is 2.85 bits per heavy atom. The Balaban J connectivity index is 2.04. The Morgan fingerprint density at radius 2 is 2.08 bits per heavy atom. The van der Waals surface area contributed by atoms with Gasteiger partial charge in [-0.15, -0.1) is 0 Å². The third-order valence-electron chi connectivity index (χ3n) is 3.26. The number of benzene rings is 1. The zero-order valence-corrected chi connectivity index (χ0v) is 7.88. The fraction of sp³-hybridized carbons (Fsp3) is 0.455. The second-order valence-corrected chi connectivity index (χ2v) is 4.35. The minimum Gasteiger partial charge on any atom is -0.384 e. The van der Waals surface area contributed by atoms with Crippen molar-refractivity contribution in [3.63, 3.8) is 0 Å². The van der Waals surface area contributed by atoms with Gasteiger partial charge in [-0.25, -0.2) is 0 Å². The first kappa shape index (κ1) is 7.39. The summed E-state index contributed by atoms with van der Waals surface area (Å²) in [6.45, 7) is 3.53. The third kappa shape index (κ3) is 0.866. The summed E-state index contributed by atoms with van der Waals surface area (Å²) in [5.41, 5.74) is 3.30. The molecule has 0 saturated carbocycles. The topological polar surface area (TPSA) is 15.3 Å². The number of rotatable bonds is 0. The molecule has 1 spiro atoms. The Kier molecular flexibility index (Phi) is 1.29. The van der Waals surface area contributed by atoms with Crippen LogP contribution in [-0.2, 0) is 5.41 Å². The molecule has 0 aromatic heterocycles. The lowest BCUT2D eigenvalue weighted by atomic mass is 9.76. The lowest BCUT2D eigenvalue weighted by Crippen LogP contribution is -2.58. The van der Waals surface area contributed by atoms with E-state index >= 15 is 0 Å². The van der Waals surface area contributed by atoms with E-state index in [1.165, 1.54) is 24.3 Å². The maximum atomic E-state index is 3.49. The van der Waals surface area contributed by atoms with Gasteiger partial charge in [-0.05, 0) is 18.7 Å². The standard InChI is InChI=1S/C11H14N2/c1-13-7-11(8-13)6-12-10-5-3-2-4-9(10)11/h2-5,12H,6-8H2,1H3. The molecule has 1 saturated heterocycles. The van der Waals surface area contributed by atoms with Gasteiger partial charge >= 0.3 is 0 Å². The van der Waals surface area contributed by atoms with Gasteiger partial charge in [0.05, 0.1) is 0 Å². The summed E-state index contributed by atoms with van der Waals surface area (Å²) in [5, 5.41) is 3.49. The van der Waals surface area contributed by atoms with Crippen molar-refractivity contribution >= 4 is 5.69 Å². The highest BCUT2D eigenvalue weighted by Gasteiger charge is 2.46. The first-order valence-electron chi connectivity index (χ1n) is 4.82. The maximum Gasteiger partial charge on any atom is 0.0400 e. The monoisotopic (exact) mass is 174 g/mol. The number of anilines is 1. The number of hydrogen-bond donors (Lipinski definition) is 1. The van der Waals surface area contributed by atoms with Crippen LogP contribution in [0.2, 0.25) is 0 Å². The molecule has 68 valence electrons. The smallest absolute Gasteiger partial charge is 0.0400 e. The second-order valence-electron chi connectivity index (χ2n) is 4.35. The highest BCUT2D eigenvalue weighted by molar-refractivity contribution is 5.61. The summed E-state index contributed by atoms with van der Waals surface area (Å²) in [4.78, 5) is 2.38. The number of likely N-dealkylation sites (N-methyl/N-ethyl adjacent to an activating group) is 1. The molecule has 2 aliphatic rings. The maximum absolute atomic E-state index is 3.49. The van der Waals surface area contributed by atoms with E-state index in [1.807, 2.05) is 0 Å². The molecule has 1 fully saturated rings. The number of nitrogens with zero attached hydrogens (tertiary/aromatic N) is 1. The van der Waals surface area contributed by atoms with Crippen LogP contribution in [0.5, 0.6) is 0 Å². The highest BCUT2D eigenvalue weighted by atomic mass is 15.2. The van der Waals surface area contributed by atoms with Gasteiger partial charge < -0.3 is 10.2 Å². The van der Waals surface area contributed by atoms with Crippen LogP contribution in [0, 0.1) is 0 Å². The number of nitrogens with one attached hydrogen (secondary N) is 1. The SMILES string of the molecule is CN1CC2(CNc3ccccc32)C1. The van der Waals surface area contributed by atoms with E-state index in [9.17, 15) is 0 Å². The van der Waals surface area contributed by atoms with E-state index in [0.29, 0.717) is 5.41 Å². The van der Waals surface area contributed by atoms with E-state index in [0.717, 1.165) is 6.54 Å². The van der Waals surface area contributed by atoms with Crippen LogP contribution >= 0.6 is 0 Å². The van der Waals surface area contributed by atoms with Crippen molar-refractivity contribution in [3.8, 4) is 0 Å². The van der Waals surface area contributed by atoms with E-state index in [-0.39, 0.29) is 0 Å². The predicted molar refractivity (Wildman–Crippen MR) is 54.1 cm³/mol. The Bertz CT molecular complexity index is 334. The van der Waals surface area contributed by atoms with Crippen LogP contribution in [-0.4, -0.2) is 31.6 Å². The molecular formula is C11H14N2. The molecule has 1 N–H and O–H groups in total. The van der Waals surface area contributed by atoms with Crippen molar-refractivity contribution in [2.24, 2.45) is 0 Å². The van der Waals surface area contributed by atoms with Gasteiger partial charge in [-0.3, -0.25) is 0 Å². The molecule has 0 atom stereocenters. The van der Waals surface area contributed by atoms with Crippen LogP contribution in [0.3, 0.4) is 0 Å². The van der Waals surface area contributed by atoms with Gasteiger partial charge in [0, 0.05) is 30.7 Å². The number of fused-ring (bicyclic) bond motifs is 2. The van der Waals surface area contributed by atoms with Crippen LogP contribution in [0.4, 0.5) is 5.69 Å². The summed E-state index contributed by atoms with van der Waals surface area (Å²) in [5.74, 6) is 0. The van der Waals surface area contributed by atoms with Crippen LogP contribution in [0.1, 0.15) is 5.56 Å². The first-order valence-corrected chi connectivity index (χ1v) is 4.82. The lowest BCUT2D eigenvalue weighted by Gasteiger charge is -2.46. The average molecular weight is 174 g/mol. The summed E-state index contributed by atoms with van der Waals surface area (Å²) >= 11 is 0. The molecular weight excluding hydrogens is 160 g/mol. The van der Waals surface area contributed by atoms with Gasteiger partial charge in [-0.1, -0.05) is 18.2 Å². The first-order chi connectivity index (χ1) is 6.30. The molecule has 3 rings (SSSR count). The summed E-state index contributed by atoms with van der Waals surface area (Å²) < 4.78 is 0. The van der Waals surface area contributed by atoms with E-state index in [1.54, 1.807) is 0 Å². The highest BCUT2D eigenvalue weighted by Crippen LogP contribution is 2.42. The Morgan fingerprint density at radius 1 is 1.31 bits per heavy atom. The van der Waals surface area contributed by atoms with Gasteiger partial charge in [-0.2, -0.15) is 0 Å². The quantitative estimate of drug-likeness (QED) is 0.637. The molecule has 13 heavy (non-hydrogen) atoms. The van der Waals surface area contributed by atoms with Gasteiger partial charge in [0.25, 0.3) is 0 Å². The molecule has 0 amide bonds. The predicted octanol–water partition coefficient (Wildman–Crippen LogP) is 1.30. The van der Waals surface area contributed by atoms with E-state index < -0.39 is 0 Å². The summed E-state index contributed by atoms with van der Waals surface area (Å²) in [6.07, 6.45) is 0. The van der Waals surface area contributed by atoms with Crippen molar-refractivity contribution < 1.29 is 0 Å². The molecule has 0 bridgehead atoms. The fourth-order valence-electron chi connectivity index (χ4n) is 2.73. The lowest BCUT2D eigenvalue weighted by molar-refractivity contribution is 0.110. The minimum atomic E-state index is 0.436. The molecule has 0 aliphatic carbocycles. The second kappa shape index (κ2) is 2.26. The number of likely N-dealkylation sites (tertiary alicyclic amines) is 1. The Hall–Kier alpha value is -1.02. The van der Waals surface area contributed by atoms with Crippen molar-refractivity contribution in [2.75, 3.05) is 32.0 Å². The summed E-state index contributed by atoms with van der Waals surface area (Å²) in [6, 6.07) is 8.70. The average Bonchev–Trinajstić information content (AvgIpc) is 2.45. The van der Waals surface area contributed by atoms with Crippen molar-refractivity contribution in [2.45, 2.75) is 5.41 Å². The van der Waals surface area contributed by atoms with Crippen LogP contribution < -0.4 is 5.32 Å². The van der Waals surface area contributed by atoms with Crippen LogP contribution in [0.15, 0.2) is 24.3 Å². The normalized spacial score (nSPS) is 23.8. The summed E-state index contributed by atoms with van der Waals surface area (Å²) in [7, 11) is 2.19. The molecule has 2 nitrogen and oxygen atoms in total. The molecule has 2 heterocycles.